The number of carbonyl (C=O) groups is 1. The summed E-state index contributed by atoms with van der Waals surface area (Å²) in [6, 6.07) is 23.8. The number of amides is 1. The zero-order valence-electron chi connectivity index (χ0n) is 17.2. The predicted molar refractivity (Wildman–Crippen MR) is 124 cm³/mol. The van der Waals surface area contributed by atoms with E-state index >= 15 is 0 Å². The third kappa shape index (κ3) is 4.36. The van der Waals surface area contributed by atoms with E-state index in [1.165, 1.54) is 11.8 Å². The first-order valence-corrected chi connectivity index (χ1v) is 10.7. The van der Waals surface area contributed by atoms with E-state index in [9.17, 15) is 4.79 Å². The molecule has 4 rings (SSSR count). The van der Waals surface area contributed by atoms with Crippen molar-refractivity contribution in [3.63, 3.8) is 0 Å². The van der Waals surface area contributed by atoms with Crippen LogP contribution < -0.4 is 5.32 Å². The van der Waals surface area contributed by atoms with Crippen LogP contribution in [0.25, 0.3) is 10.9 Å². The van der Waals surface area contributed by atoms with Gasteiger partial charge in [0.25, 0.3) is 0 Å². The molecule has 4 nitrogen and oxygen atoms in total. The van der Waals surface area contributed by atoms with Gasteiger partial charge in [-0.3, -0.25) is 4.79 Å². The first-order chi connectivity index (χ1) is 14.5. The standard InChI is InChI=1S/C25H23N3OS/c1-16-13-14-17(2)22(15-16)28-24(29)23(19-9-5-4-6-10-19)30-25-20-11-7-8-12-21(20)26-18(3)27-25/h4-15,23H,1-3H3,(H,28,29). The number of hydrogen-bond donors (Lipinski definition) is 1. The Morgan fingerprint density at radius 1 is 0.900 bits per heavy atom. The minimum atomic E-state index is -0.441. The summed E-state index contributed by atoms with van der Waals surface area (Å²) >= 11 is 1.46. The highest BCUT2D eigenvalue weighted by molar-refractivity contribution is 8.00. The van der Waals surface area contributed by atoms with E-state index in [4.69, 9.17) is 0 Å². The summed E-state index contributed by atoms with van der Waals surface area (Å²) in [6.07, 6.45) is 0. The van der Waals surface area contributed by atoms with Crippen LogP contribution >= 0.6 is 11.8 Å². The average Bonchev–Trinajstić information content (AvgIpc) is 2.75. The van der Waals surface area contributed by atoms with Gasteiger partial charge in [0.05, 0.1) is 5.52 Å². The van der Waals surface area contributed by atoms with E-state index in [2.05, 4.69) is 15.3 Å². The van der Waals surface area contributed by atoms with Crippen molar-refractivity contribution in [2.45, 2.75) is 31.0 Å². The van der Waals surface area contributed by atoms with Crippen LogP contribution in [0.2, 0.25) is 0 Å². The molecular formula is C25H23N3OS. The van der Waals surface area contributed by atoms with Crippen LogP contribution in [-0.4, -0.2) is 15.9 Å². The van der Waals surface area contributed by atoms with Gasteiger partial charge in [-0.05, 0) is 49.6 Å². The molecule has 0 aliphatic heterocycles. The third-order valence-corrected chi connectivity index (χ3v) is 6.16. The van der Waals surface area contributed by atoms with E-state index in [1.54, 1.807) is 0 Å². The van der Waals surface area contributed by atoms with Crippen LogP contribution in [0.5, 0.6) is 0 Å². The SMILES string of the molecule is Cc1ccc(C)c(NC(=O)C(Sc2nc(C)nc3ccccc23)c2ccccc2)c1. The van der Waals surface area contributed by atoms with Gasteiger partial charge in [0.15, 0.2) is 0 Å². The Labute approximate surface area is 180 Å². The second kappa shape index (κ2) is 8.67. The van der Waals surface area contributed by atoms with Gasteiger partial charge >= 0.3 is 0 Å². The number of rotatable bonds is 5. The quantitative estimate of drug-likeness (QED) is 0.321. The number of benzene rings is 3. The molecule has 0 saturated heterocycles. The molecular weight excluding hydrogens is 390 g/mol. The molecule has 0 aliphatic carbocycles. The number of aryl methyl sites for hydroxylation is 3. The summed E-state index contributed by atoms with van der Waals surface area (Å²) in [4.78, 5) is 22.6. The van der Waals surface area contributed by atoms with Crippen LogP contribution in [0.1, 0.15) is 27.8 Å². The van der Waals surface area contributed by atoms with E-state index < -0.39 is 5.25 Å². The number of fused-ring (bicyclic) bond motifs is 1. The highest BCUT2D eigenvalue weighted by Crippen LogP contribution is 2.38. The number of carbonyl (C=O) groups excluding carboxylic acids is 1. The normalized spacial score (nSPS) is 12.0. The fraction of sp³-hybridized carbons (Fsp3) is 0.160. The molecule has 1 heterocycles. The van der Waals surface area contributed by atoms with Crippen molar-refractivity contribution in [1.82, 2.24) is 9.97 Å². The van der Waals surface area contributed by atoms with Crippen LogP contribution in [0.3, 0.4) is 0 Å². The minimum Gasteiger partial charge on any atom is -0.325 e. The van der Waals surface area contributed by atoms with Crippen molar-refractivity contribution < 1.29 is 4.79 Å². The zero-order chi connectivity index (χ0) is 21.1. The minimum absolute atomic E-state index is 0.0692. The van der Waals surface area contributed by atoms with Crippen molar-refractivity contribution in [3.05, 3.63) is 95.3 Å². The summed E-state index contributed by atoms with van der Waals surface area (Å²) in [6.45, 7) is 5.90. The van der Waals surface area contributed by atoms with Gasteiger partial charge in [0.1, 0.15) is 16.1 Å². The van der Waals surface area contributed by atoms with Gasteiger partial charge in [0, 0.05) is 11.1 Å². The Hall–Kier alpha value is -3.18. The number of para-hydroxylation sites is 1. The smallest absolute Gasteiger partial charge is 0.242 e. The Morgan fingerprint density at radius 2 is 1.63 bits per heavy atom. The highest BCUT2D eigenvalue weighted by atomic mass is 32.2. The van der Waals surface area contributed by atoms with E-state index in [0.29, 0.717) is 5.82 Å². The van der Waals surface area contributed by atoms with E-state index in [0.717, 1.165) is 38.3 Å². The van der Waals surface area contributed by atoms with Crippen LogP contribution in [0.15, 0.2) is 77.8 Å². The summed E-state index contributed by atoms with van der Waals surface area (Å²) in [7, 11) is 0. The molecule has 0 bridgehead atoms. The first kappa shape index (κ1) is 20.1. The number of anilines is 1. The molecule has 1 unspecified atom stereocenters. The van der Waals surface area contributed by atoms with E-state index in [-0.39, 0.29) is 5.91 Å². The van der Waals surface area contributed by atoms with Crippen LogP contribution in [-0.2, 0) is 4.79 Å². The highest BCUT2D eigenvalue weighted by Gasteiger charge is 2.24. The lowest BCUT2D eigenvalue weighted by Gasteiger charge is -2.19. The number of thioether (sulfide) groups is 1. The van der Waals surface area contributed by atoms with Crippen LogP contribution in [0, 0.1) is 20.8 Å². The molecule has 4 aromatic rings. The molecule has 1 atom stereocenters. The van der Waals surface area contributed by atoms with Gasteiger partial charge in [-0.1, -0.05) is 72.4 Å². The maximum atomic E-state index is 13.4. The van der Waals surface area contributed by atoms with Gasteiger partial charge < -0.3 is 5.32 Å². The zero-order valence-corrected chi connectivity index (χ0v) is 18.0. The van der Waals surface area contributed by atoms with Gasteiger partial charge in [0.2, 0.25) is 5.91 Å². The summed E-state index contributed by atoms with van der Waals surface area (Å²) < 4.78 is 0. The Balaban J connectivity index is 1.73. The molecule has 1 N–H and O–H groups in total. The fourth-order valence-electron chi connectivity index (χ4n) is 3.33. The van der Waals surface area contributed by atoms with Gasteiger partial charge in [-0.15, -0.1) is 0 Å². The molecule has 0 saturated carbocycles. The van der Waals surface area contributed by atoms with Gasteiger partial charge in [-0.25, -0.2) is 9.97 Å². The average molecular weight is 414 g/mol. The first-order valence-electron chi connectivity index (χ1n) is 9.84. The van der Waals surface area contributed by atoms with Crippen molar-refractivity contribution in [1.29, 1.82) is 0 Å². The largest absolute Gasteiger partial charge is 0.325 e. The molecule has 5 heteroatoms. The molecule has 0 aliphatic rings. The number of nitrogens with one attached hydrogen (secondary N) is 1. The summed E-state index contributed by atoms with van der Waals surface area (Å²) in [5.74, 6) is 0.623. The Kier molecular flexibility index (Phi) is 5.81. The topological polar surface area (TPSA) is 54.9 Å². The van der Waals surface area contributed by atoms with Crippen molar-refractivity contribution in [3.8, 4) is 0 Å². The van der Waals surface area contributed by atoms with Crippen molar-refractivity contribution in [2.24, 2.45) is 0 Å². The number of nitrogens with zero attached hydrogens (tertiary/aromatic N) is 2. The summed E-state index contributed by atoms with van der Waals surface area (Å²) in [5, 5.41) is 4.45. The maximum Gasteiger partial charge on any atom is 0.242 e. The second-order valence-corrected chi connectivity index (χ2v) is 8.40. The lowest BCUT2D eigenvalue weighted by atomic mass is 10.1. The molecule has 30 heavy (non-hydrogen) atoms. The number of hydrogen-bond acceptors (Lipinski definition) is 4. The predicted octanol–water partition coefficient (Wildman–Crippen LogP) is 6.03. The second-order valence-electron chi connectivity index (χ2n) is 7.31. The lowest BCUT2D eigenvalue weighted by Crippen LogP contribution is -2.20. The lowest BCUT2D eigenvalue weighted by molar-refractivity contribution is -0.115. The van der Waals surface area contributed by atoms with Crippen LogP contribution in [0.4, 0.5) is 5.69 Å². The molecule has 0 spiro atoms. The van der Waals surface area contributed by atoms with Gasteiger partial charge in [-0.2, -0.15) is 0 Å². The van der Waals surface area contributed by atoms with E-state index in [1.807, 2.05) is 93.6 Å². The molecule has 1 aromatic heterocycles. The number of aromatic nitrogens is 2. The Morgan fingerprint density at radius 3 is 2.43 bits per heavy atom. The molecule has 0 radical (unpaired) electrons. The fourth-order valence-corrected chi connectivity index (χ4v) is 4.50. The molecule has 3 aromatic carbocycles. The third-order valence-electron chi connectivity index (χ3n) is 4.90. The van der Waals surface area contributed by atoms with Crippen molar-refractivity contribution >= 4 is 34.3 Å². The maximum absolute atomic E-state index is 13.4. The molecule has 1 amide bonds. The molecule has 0 fully saturated rings. The summed E-state index contributed by atoms with van der Waals surface area (Å²) in [5.41, 5.74) is 4.80. The Bertz CT molecular complexity index is 1210. The monoisotopic (exact) mass is 413 g/mol. The molecule has 150 valence electrons. The van der Waals surface area contributed by atoms with Crippen molar-refractivity contribution in [2.75, 3.05) is 5.32 Å².